The predicted octanol–water partition coefficient (Wildman–Crippen LogP) is 2.52. The average Bonchev–Trinajstić information content (AvgIpc) is 2.88. The molecule has 0 spiro atoms. The Kier molecular flexibility index (Phi) is 3.65. The summed E-state index contributed by atoms with van der Waals surface area (Å²) < 4.78 is 5.26. The lowest BCUT2D eigenvalue weighted by Crippen LogP contribution is -2.37. The molecule has 1 heterocycles. The molecule has 1 fully saturated rings. The minimum atomic E-state index is 0.152. The van der Waals surface area contributed by atoms with Crippen molar-refractivity contribution in [2.24, 2.45) is 5.92 Å². The lowest BCUT2D eigenvalue weighted by molar-refractivity contribution is -0.125. The van der Waals surface area contributed by atoms with Gasteiger partial charge in [-0.1, -0.05) is 12.8 Å². The normalized spacial score (nSPS) is 18.6. The quantitative estimate of drug-likeness (QED) is 0.848. The first-order valence-corrected chi connectivity index (χ1v) is 6.08. The van der Waals surface area contributed by atoms with Crippen LogP contribution in [-0.4, -0.2) is 11.9 Å². The van der Waals surface area contributed by atoms with E-state index < -0.39 is 0 Å². The van der Waals surface area contributed by atoms with Gasteiger partial charge >= 0.3 is 0 Å². The third kappa shape index (κ3) is 2.87. The van der Waals surface area contributed by atoms with Gasteiger partial charge < -0.3 is 9.73 Å². The van der Waals surface area contributed by atoms with Crippen LogP contribution in [0.2, 0.25) is 0 Å². The van der Waals surface area contributed by atoms with E-state index in [4.69, 9.17) is 4.42 Å². The van der Waals surface area contributed by atoms with Crippen LogP contribution in [0.1, 0.15) is 38.4 Å². The second-order valence-electron chi connectivity index (χ2n) is 4.67. The first kappa shape index (κ1) is 11.2. The Balaban J connectivity index is 1.78. The molecule has 0 saturated heterocycles. The van der Waals surface area contributed by atoms with Gasteiger partial charge in [-0.2, -0.15) is 0 Å². The highest BCUT2D eigenvalue weighted by Gasteiger charge is 2.23. The van der Waals surface area contributed by atoms with Crippen LogP contribution in [0.25, 0.3) is 0 Å². The summed E-state index contributed by atoms with van der Waals surface area (Å²) in [6, 6.07) is 3.97. The maximum Gasteiger partial charge on any atom is 0.223 e. The van der Waals surface area contributed by atoms with E-state index in [1.54, 1.807) is 6.26 Å². The van der Waals surface area contributed by atoms with Crippen LogP contribution in [0.5, 0.6) is 0 Å². The molecule has 0 unspecified atom stereocenters. The van der Waals surface area contributed by atoms with Crippen LogP contribution in [0.4, 0.5) is 0 Å². The molecule has 3 nitrogen and oxygen atoms in total. The lowest BCUT2D eigenvalue weighted by Gasteiger charge is -2.15. The van der Waals surface area contributed by atoms with Gasteiger partial charge in [-0.05, 0) is 31.9 Å². The Labute approximate surface area is 96.2 Å². The minimum absolute atomic E-state index is 0.152. The molecule has 1 N–H and O–H groups in total. The molecule has 1 atom stereocenters. The Morgan fingerprint density at radius 2 is 2.31 bits per heavy atom. The SMILES string of the molecule is C[C@@H](Cc1ccco1)NC(=O)C1CCCC1. The largest absolute Gasteiger partial charge is 0.469 e. The third-order valence-corrected chi connectivity index (χ3v) is 3.20. The molecular formula is C13H19NO2. The van der Waals surface area contributed by atoms with Gasteiger partial charge in [0.1, 0.15) is 5.76 Å². The molecule has 1 aliphatic rings. The fourth-order valence-electron chi connectivity index (χ4n) is 2.33. The van der Waals surface area contributed by atoms with Crippen LogP contribution < -0.4 is 5.32 Å². The Bertz CT molecular complexity index is 326. The summed E-state index contributed by atoms with van der Waals surface area (Å²) in [5.74, 6) is 1.40. The van der Waals surface area contributed by atoms with E-state index in [1.807, 2.05) is 19.1 Å². The molecule has 1 aliphatic carbocycles. The highest BCUT2D eigenvalue weighted by atomic mass is 16.3. The fraction of sp³-hybridized carbons (Fsp3) is 0.615. The molecule has 1 aromatic heterocycles. The molecule has 16 heavy (non-hydrogen) atoms. The van der Waals surface area contributed by atoms with Gasteiger partial charge in [0, 0.05) is 18.4 Å². The maximum absolute atomic E-state index is 11.8. The van der Waals surface area contributed by atoms with Gasteiger partial charge in [0.15, 0.2) is 0 Å². The molecule has 1 aromatic rings. The van der Waals surface area contributed by atoms with Gasteiger partial charge in [-0.15, -0.1) is 0 Å². The van der Waals surface area contributed by atoms with E-state index in [0.29, 0.717) is 0 Å². The summed E-state index contributed by atoms with van der Waals surface area (Å²) in [6.45, 7) is 2.02. The monoisotopic (exact) mass is 221 g/mol. The van der Waals surface area contributed by atoms with Gasteiger partial charge in [-0.25, -0.2) is 0 Å². The molecule has 1 amide bonds. The summed E-state index contributed by atoms with van der Waals surface area (Å²) in [5.41, 5.74) is 0. The number of furan rings is 1. The van der Waals surface area contributed by atoms with E-state index in [0.717, 1.165) is 25.0 Å². The highest BCUT2D eigenvalue weighted by Crippen LogP contribution is 2.24. The maximum atomic E-state index is 11.8. The van der Waals surface area contributed by atoms with E-state index in [2.05, 4.69) is 5.32 Å². The number of rotatable bonds is 4. The van der Waals surface area contributed by atoms with Gasteiger partial charge in [0.2, 0.25) is 5.91 Å². The second kappa shape index (κ2) is 5.19. The van der Waals surface area contributed by atoms with Crippen LogP contribution in [0.15, 0.2) is 22.8 Å². The van der Waals surface area contributed by atoms with E-state index in [1.165, 1.54) is 12.8 Å². The molecular weight excluding hydrogens is 202 g/mol. The summed E-state index contributed by atoms with van der Waals surface area (Å²) in [7, 11) is 0. The standard InChI is InChI=1S/C13H19NO2/c1-10(9-12-7-4-8-16-12)14-13(15)11-5-2-3-6-11/h4,7-8,10-11H,2-3,5-6,9H2,1H3,(H,14,15)/t10-/m0/s1. The number of amides is 1. The number of carbonyl (C=O) groups excluding carboxylic acids is 1. The molecule has 1 saturated carbocycles. The Morgan fingerprint density at radius 3 is 2.94 bits per heavy atom. The van der Waals surface area contributed by atoms with Crippen LogP contribution in [0, 0.1) is 5.92 Å². The van der Waals surface area contributed by atoms with Crippen molar-refractivity contribution in [2.45, 2.75) is 45.1 Å². The number of hydrogen-bond donors (Lipinski definition) is 1. The summed E-state index contributed by atoms with van der Waals surface area (Å²) >= 11 is 0. The van der Waals surface area contributed by atoms with Crippen molar-refractivity contribution in [3.05, 3.63) is 24.2 Å². The highest BCUT2D eigenvalue weighted by molar-refractivity contribution is 5.79. The molecule has 0 aromatic carbocycles. The Hall–Kier alpha value is -1.25. The van der Waals surface area contributed by atoms with E-state index in [9.17, 15) is 4.79 Å². The van der Waals surface area contributed by atoms with Crippen LogP contribution >= 0.6 is 0 Å². The van der Waals surface area contributed by atoms with Gasteiger partial charge in [0.05, 0.1) is 6.26 Å². The zero-order valence-corrected chi connectivity index (χ0v) is 9.74. The molecule has 0 aliphatic heterocycles. The molecule has 0 bridgehead atoms. The van der Waals surface area contributed by atoms with Crippen molar-refractivity contribution in [3.8, 4) is 0 Å². The summed E-state index contributed by atoms with van der Waals surface area (Å²) in [4.78, 5) is 11.8. The molecule has 88 valence electrons. The van der Waals surface area contributed by atoms with E-state index >= 15 is 0 Å². The zero-order valence-electron chi connectivity index (χ0n) is 9.74. The smallest absolute Gasteiger partial charge is 0.223 e. The third-order valence-electron chi connectivity index (χ3n) is 3.20. The number of hydrogen-bond acceptors (Lipinski definition) is 2. The van der Waals surface area contributed by atoms with Crippen LogP contribution in [0.3, 0.4) is 0 Å². The van der Waals surface area contributed by atoms with Gasteiger partial charge in [0.25, 0.3) is 0 Å². The van der Waals surface area contributed by atoms with Crippen molar-refractivity contribution < 1.29 is 9.21 Å². The molecule has 3 heteroatoms. The van der Waals surface area contributed by atoms with Gasteiger partial charge in [-0.3, -0.25) is 4.79 Å². The van der Waals surface area contributed by atoms with Crippen molar-refractivity contribution in [2.75, 3.05) is 0 Å². The van der Waals surface area contributed by atoms with Crippen LogP contribution in [-0.2, 0) is 11.2 Å². The molecule has 2 rings (SSSR count). The first-order valence-electron chi connectivity index (χ1n) is 6.08. The van der Waals surface area contributed by atoms with Crippen molar-refractivity contribution >= 4 is 5.91 Å². The fourth-order valence-corrected chi connectivity index (χ4v) is 2.33. The number of carbonyl (C=O) groups is 1. The van der Waals surface area contributed by atoms with Crippen molar-refractivity contribution in [1.82, 2.24) is 5.32 Å². The first-order chi connectivity index (χ1) is 7.75. The van der Waals surface area contributed by atoms with Crippen molar-refractivity contribution in [3.63, 3.8) is 0 Å². The summed E-state index contributed by atoms with van der Waals surface area (Å²) in [6.07, 6.45) is 6.94. The lowest BCUT2D eigenvalue weighted by atomic mass is 10.1. The summed E-state index contributed by atoms with van der Waals surface area (Å²) in [5, 5.41) is 3.06. The minimum Gasteiger partial charge on any atom is -0.469 e. The Morgan fingerprint density at radius 1 is 1.56 bits per heavy atom. The average molecular weight is 221 g/mol. The topological polar surface area (TPSA) is 42.2 Å². The number of nitrogens with one attached hydrogen (secondary N) is 1. The van der Waals surface area contributed by atoms with Crippen molar-refractivity contribution in [1.29, 1.82) is 0 Å². The van der Waals surface area contributed by atoms with E-state index in [-0.39, 0.29) is 17.9 Å². The molecule has 0 radical (unpaired) electrons. The zero-order chi connectivity index (χ0) is 11.4. The second-order valence-corrected chi connectivity index (χ2v) is 4.67. The predicted molar refractivity (Wildman–Crippen MR) is 62.0 cm³/mol.